The number of anilines is 1. The number of nitrogens with zero attached hydrogens (tertiary/aromatic N) is 1. The minimum atomic E-state index is -0.917. The van der Waals surface area contributed by atoms with Crippen LogP contribution in [0.5, 0.6) is 0 Å². The Morgan fingerprint density at radius 1 is 1.58 bits per heavy atom. The van der Waals surface area contributed by atoms with Crippen LogP contribution in [0.2, 0.25) is 0 Å². The lowest BCUT2D eigenvalue weighted by Crippen LogP contribution is -2.47. The summed E-state index contributed by atoms with van der Waals surface area (Å²) in [4.78, 5) is 24.3. The van der Waals surface area contributed by atoms with E-state index in [4.69, 9.17) is 9.84 Å². The van der Waals surface area contributed by atoms with Crippen molar-refractivity contribution >= 4 is 33.7 Å². The number of hydrogen-bond acceptors (Lipinski definition) is 3. The Morgan fingerprint density at radius 2 is 2.32 bits per heavy atom. The Hall–Kier alpha value is -1.56. The van der Waals surface area contributed by atoms with Crippen LogP contribution in [0.4, 0.5) is 10.5 Å². The number of ether oxygens (including phenoxy) is 1. The highest BCUT2D eigenvalue weighted by Gasteiger charge is 2.33. The molecule has 1 fully saturated rings. The molecule has 0 spiro atoms. The van der Waals surface area contributed by atoms with Crippen LogP contribution in [-0.2, 0) is 9.53 Å². The van der Waals surface area contributed by atoms with Gasteiger partial charge < -0.3 is 9.84 Å². The summed E-state index contributed by atoms with van der Waals surface area (Å²) in [6.07, 6.45) is -0.0408. The van der Waals surface area contributed by atoms with Gasteiger partial charge in [-0.05, 0) is 30.7 Å². The molecule has 102 valence electrons. The number of aryl methyl sites for hydroxylation is 1. The SMILES string of the molecule is Cc1cc(Br)ccc1N1C(=O)OCCC1CC(=O)O. The maximum Gasteiger partial charge on any atom is 0.414 e. The fraction of sp³-hybridized carbons (Fsp3) is 0.385. The molecule has 1 atom stereocenters. The average Bonchev–Trinajstić information content (AvgIpc) is 2.30. The molecule has 1 aromatic rings. The van der Waals surface area contributed by atoms with Crippen molar-refractivity contribution in [3.63, 3.8) is 0 Å². The summed E-state index contributed by atoms with van der Waals surface area (Å²) >= 11 is 3.36. The fourth-order valence-corrected chi connectivity index (χ4v) is 2.68. The number of rotatable bonds is 3. The number of carboxylic acids is 1. The topological polar surface area (TPSA) is 66.8 Å². The van der Waals surface area contributed by atoms with Crippen LogP contribution in [0.1, 0.15) is 18.4 Å². The summed E-state index contributed by atoms with van der Waals surface area (Å²) in [5.74, 6) is -0.917. The first-order chi connectivity index (χ1) is 8.99. The zero-order chi connectivity index (χ0) is 14.0. The van der Waals surface area contributed by atoms with Crippen LogP contribution in [0, 0.1) is 6.92 Å². The largest absolute Gasteiger partial charge is 0.481 e. The molecule has 2 rings (SSSR count). The molecule has 0 saturated carbocycles. The third-order valence-corrected chi connectivity index (χ3v) is 3.56. The molecule has 0 aromatic heterocycles. The van der Waals surface area contributed by atoms with Crippen LogP contribution in [0.3, 0.4) is 0 Å². The summed E-state index contributed by atoms with van der Waals surface area (Å²) in [5.41, 5.74) is 1.59. The van der Waals surface area contributed by atoms with Crippen LogP contribution >= 0.6 is 15.9 Å². The van der Waals surface area contributed by atoms with Gasteiger partial charge in [0.15, 0.2) is 0 Å². The zero-order valence-corrected chi connectivity index (χ0v) is 12.0. The summed E-state index contributed by atoms with van der Waals surface area (Å²) < 4.78 is 5.94. The van der Waals surface area contributed by atoms with E-state index in [2.05, 4.69) is 15.9 Å². The predicted octanol–water partition coefficient (Wildman–Crippen LogP) is 2.95. The van der Waals surface area contributed by atoms with Gasteiger partial charge in [0.25, 0.3) is 0 Å². The minimum absolute atomic E-state index is 0.0788. The lowest BCUT2D eigenvalue weighted by molar-refractivity contribution is -0.137. The van der Waals surface area contributed by atoms with E-state index in [0.717, 1.165) is 10.0 Å². The van der Waals surface area contributed by atoms with Gasteiger partial charge >= 0.3 is 12.1 Å². The van der Waals surface area contributed by atoms with E-state index in [1.165, 1.54) is 4.90 Å². The number of cyclic esters (lactones) is 1. The highest BCUT2D eigenvalue weighted by Crippen LogP contribution is 2.30. The molecule has 1 heterocycles. The van der Waals surface area contributed by atoms with Gasteiger partial charge in [-0.1, -0.05) is 15.9 Å². The molecule has 6 heteroatoms. The second-order valence-corrected chi connectivity index (χ2v) is 5.37. The fourth-order valence-electron chi connectivity index (χ4n) is 2.21. The van der Waals surface area contributed by atoms with Gasteiger partial charge in [0.1, 0.15) is 0 Å². The molecule has 0 radical (unpaired) electrons. The number of carboxylic acid groups (broad SMARTS) is 1. The first-order valence-electron chi connectivity index (χ1n) is 5.93. The predicted molar refractivity (Wildman–Crippen MR) is 73.4 cm³/mol. The highest BCUT2D eigenvalue weighted by atomic mass is 79.9. The van der Waals surface area contributed by atoms with Crippen molar-refractivity contribution in [1.29, 1.82) is 0 Å². The summed E-state index contributed by atoms with van der Waals surface area (Å²) in [6, 6.07) is 5.14. The Labute approximate surface area is 119 Å². The molecular weight excluding hydrogens is 314 g/mol. The molecule has 1 amide bonds. The lowest BCUT2D eigenvalue weighted by Gasteiger charge is -2.35. The molecule has 0 aliphatic carbocycles. The molecule has 1 saturated heterocycles. The number of hydrogen-bond donors (Lipinski definition) is 1. The van der Waals surface area contributed by atoms with E-state index in [9.17, 15) is 9.59 Å². The maximum absolute atomic E-state index is 11.9. The van der Waals surface area contributed by atoms with Gasteiger partial charge in [0, 0.05) is 10.9 Å². The summed E-state index contributed by atoms with van der Waals surface area (Å²) in [6.45, 7) is 2.14. The molecule has 1 unspecified atom stereocenters. The van der Waals surface area contributed by atoms with Gasteiger partial charge in [-0.25, -0.2) is 4.79 Å². The van der Waals surface area contributed by atoms with Gasteiger partial charge in [0.2, 0.25) is 0 Å². The van der Waals surface area contributed by atoms with E-state index < -0.39 is 12.1 Å². The standard InChI is InChI=1S/C13H14BrNO4/c1-8-6-9(14)2-3-11(8)15-10(7-12(16)17)4-5-19-13(15)18/h2-3,6,10H,4-5,7H2,1H3,(H,16,17). The Balaban J connectivity index is 2.35. The van der Waals surface area contributed by atoms with Crippen LogP contribution in [0.25, 0.3) is 0 Å². The van der Waals surface area contributed by atoms with Crippen molar-refractivity contribution in [2.45, 2.75) is 25.8 Å². The van der Waals surface area contributed by atoms with E-state index in [1.54, 1.807) is 6.07 Å². The van der Waals surface area contributed by atoms with Crippen molar-refractivity contribution < 1.29 is 19.4 Å². The molecule has 1 aliphatic heterocycles. The van der Waals surface area contributed by atoms with Gasteiger partial charge in [0.05, 0.1) is 24.8 Å². The highest BCUT2D eigenvalue weighted by molar-refractivity contribution is 9.10. The number of amides is 1. The van der Waals surface area contributed by atoms with E-state index in [-0.39, 0.29) is 19.1 Å². The number of carbonyl (C=O) groups is 2. The minimum Gasteiger partial charge on any atom is -0.481 e. The van der Waals surface area contributed by atoms with Crippen molar-refractivity contribution in [3.8, 4) is 0 Å². The first-order valence-corrected chi connectivity index (χ1v) is 6.72. The molecule has 19 heavy (non-hydrogen) atoms. The first kappa shape index (κ1) is 13.9. The summed E-state index contributed by atoms with van der Waals surface area (Å²) in [7, 11) is 0. The van der Waals surface area contributed by atoms with Gasteiger partial charge in [-0.3, -0.25) is 9.69 Å². The van der Waals surface area contributed by atoms with Crippen LogP contribution in [-0.4, -0.2) is 29.8 Å². The number of benzene rings is 1. The third-order valence-electron chi connectivity index (χ3n) is 3.07. The van der Waals surface area contributed by atoms with Crippen molar-refractivity contribution in [1.82, 2.24) is 0 Å². The summed E-state index contributed by atoms with van der Waals surface area (Å²) in [5, 5.41) is 8.94. The maximum atomic E-state index is 11.9. The smallest absolute Gasteiger partial charge is 0.414 e. The van der Waals surface area contributed by atoms with Crippen molar-refractivity contribution in [2.75, 3.05) is 11.5 Å². The Bertz CT molecular complexity index is 517. The third kappa shape index (κ3) is 3.07. The molecule has 5 nitrogen and oxygen atoms in total. The second-order valence-electron chi connectivity index (χ2n) is 4.46. The molecule has 1 aliphatic rings. The van der Waals surface area contributed by atoms with E-state index in [0.29, 0.717) is 12.1 Å². The number of halogens is 1. The normalized spacial score (nSPS) is 19.2. The Morgan fingerprint density at radius 3 is 2.95 bits per heavy atom. The molecule has 1 N–H and O–H groups in total. The number of carbonyl (C=O) groups excluding carboxylic acids is 1. The Kier molecular flexibility index (Phi) is 4.09. The molecule has 0 bridgehead atoms. The van der Waals surface area contributed by atoms with Crippen molar-refractivity contribution in [3.05, 3.63) is 28.2 Å². The molecular formula is C13H14BrNO4. The van der Waals surface area contributed by atoms with Gasteiger partial charge in [-0.2, -0.15) is 0 Å². The lowest BCUT2D eigenvalue weighted by atomic mass is 10.1. The monoisotopic (exact) mass is 327 g/mol. The number of aliphatic carboxylic acids is 1. The molecule has 1 aromatic carbocycles. The average molecular weight is 328 g/mol. The quantitative estimate of drug-likeness (QED) is 0.926. The van der Waals surface area contributed by atoms with Crippen LogP contribution in [0.15, 0.2) is 22.7 Å². The van der Waals surface area contributed by atoms with E-state index >= 15 is 0 Å². The second kappa shape index (κ2) is 5.61. The van der Waals surface area contributed by atoms with Crippen LogP contribution < -0.4 is 4.90 Å². The van der Waals surface area contributed by atoms with Crippen molar-refractivity contribution in [2.24, 2.45) is 0 Å². The van der Waals surface area contributed by atoms with E-state index in [1.807, 2.05) is 19.1 Å². The van der Waals surface area contributed by atoms with Gasteiger partial charge in [-0.15, -0.1) is 0 Å². The zero-order valence-electron chi connectivity index (χ0n) is 10.4.